The number of alkyl halides is 2. The molecule has 0 radical (unpaired) electrons. The molecule has 4 heterocycles. The number of rotatable bonds is 22. The molecule has 4 aromatic carbocycles. The Morgan fingerprint density at radius 3 is 1.26 bits per heavy atom. The number of benzene rings is 4. The Bertz CT molecular complexity index is 3270. The normalized spacial score (nSPS) is 17.3. The summed E-state index contributed by atoms with van der Waals surface area (Å²) in [5.41, 5.74) is 1.83. The number of carbonyl (C=O) groups is 6. The lowest BCUT2D eigenvalue weighted by atomic mass is 10.1. The van der Waals surface area contributed by atoms with Crippen LogP contribution in [0.2, 0.25) is 10.0 Å². The highest BCUT2D eigenvalue weighted by Crippen LogP contribution is 2.48. The van der Waals surface area contributed by atoms with Crippen molar-refractivity contribution in [2.45, 2.75) is 105 Å². The molecule has 2 aliphatic rings. The van der Waals surface area contributed by atoms with Gasteiger partial charge < -0.3 is 47.7 Å². The van der Waals surface area contributed by atoms with Gasteiger partial charge >= 0.3 is 15.2 Å². The van der Waals surface area contributed by atoms with E-state index in [4.69, 9.17) is 41.3 Å². The fourth-order valence-electron chi connectivity index (χ4n) is 9.84. The van der Waals surface area contributed by atoms with E-state index in [9.17, 15) is 55.5 Å². The Balaban J connectivity index is 0.000000236. The third-order valence-corrected chi connectivity index (χ3v) is 18.4. The maximum Gasteiger partial charge on any atom is 0.361 e. The minimum absolute atomic E-state index is 0.0934. The van der Waals surface area contributed by atoms with E-state index in [1.165, 1.54) is 59.6 Å². The molecule has 2 fully saturated rings. The highest BCUT2D eigenvalue weighted by Gasteiger charge is 2.42. The topological polar surface area (TPSA) is 214 Å². The number of nitrogens with zero attached hydrogens (tertiary/aromatic N) is 4. The molecule has 2 aromatic heterocycles. The number of likely N-dealkylation sites (tertiary alicyclic amines) is 2. The van der Waals surface area contributed by atoms with Crippen molar-refractivity contribution in [3.05, 3.63) is 129 Å². The quantitative estimate of drug-likeness (QED) is 0.0369. The van der Waals surface area contributed by atoms with E-state index < -0.39 is 74.9 Å². The molecule has 2 N–H and O–H groups in total. The second-order valence-electron chi connectivity index (χ2n) is 19.2. The van der Waals surface area contributed by atoms with Crippen LogP contribution in [0.3, 0.4) is 0 Å². The van der Waals surface area contributed by atoms with Crippen molar-refractivity contribution >= 4 is 106 Å². The summed E-state index contributed by atoms with van der Waals surface area (Å²) in [4.78, 5) is 79.9. The minimum Gasteiger partial charge on any atom is -0.350 e. The maximum absolute atomic E-state index is 14.5. The number of hydrogen-bond acceptors (Lipinski definition) is 12. The minimum atomic E-state index is -3.67. The van der Waals surface area contributed by atoms with Crippen molar-refractivity contribution in [2.24, 2.45) is 0 Å². The van der Waals surface area contributed by atoms with Crippen molar-refractivity contribution in [1.82, 2.24) is 29.6 Å². The van der Waals surface area contributed by atoms with Crippen LogP contribution in [0.5, 0.6) is 0 Å². The van der Waals surface area contributed by atoms with Gasteiger partial charge in [0.15, 0.2) is 11.6 Å². The number of amides is 4. The molecular weight excluding hydrogens is 1160 g/mol. The van der Waals surface area contributed by atoms with Crippen LogP contribution in [0.15, 0.2) is 85.2 Å². The summed E-state index contributed by atoms with van der Waals surface area (Å²) in [6, 6.07) is 16.0. The van der Waals surface area contributed by atoms with Crippen LogP contribution >= 0.6 is 38.4 Å². The highest BCUT2D eigenvalue weighted by molar-refractivity contribution is 7.62. The van der Waals surface area contributed by atoms with Gasteiger partial charge in [0, 0.05) is 71.4 Å². The monoisotopic (exact) mass is 1220 g/mol. The van der Waals surface area contributed by atoms with Crippen molar-refractivity contribution in [2.75, 3.05) is 39.5 Å². The summed E-state index contributed by atoms with van der Waals surface area (Å²) in [7, 11) is -7.33. The van der Waals surface area contributed by atoms with Crippen molar-refractivity contribution in [3.63, 3.8) is 0 Å². The average Bonchev–Trinajstić information content (AvgIpc) is 4.42. The molecule has 4 atom stereocenters. The first-order valence-corrected chi connectivity index (χ1v) is 30.2. The molecule has 0 aliphatic carbocycles. The summed E-state index contributed by atoms with van der Waals surface area (Å²) < 4.78 is 109. The van der Waals surface area contributed by atoms with Crippen LogP contribution in [-0.4, -0.2) is 118 Å². The summed E-state index contributed by atoms with van der Waals surface area (Å²) in [6.45, 7) is 8.47. The lowest BCUT2D eigenvalue weighted by molar-refractivity contribution is -0.139. The van der Waals surface area contributed by atoms with E-state index in [0.717, 1.165) is 9.80 Å². The van der Waals surface area contributed by atoms with Gasteiger partial charge in [0.1, 0.15) is 49.2 Å². The molecule has 4 amide bonds. The van der Waals surface area contributed by atoms with Gasteiger partial charge in [-0.05, 0) is 77.9 Å². The average molecular weight is 1220 g/mol. The Labute approximate surface area is 480 Å². The Hall–Kier alpha value is -6.22. The van der Waals surface area contributed by atoms with Crippen molar-refractivity contribution in [1.29, 1.82) is 0 Å². The molecule has 8 rings (SSSR count). The lowest BCUT2D eigenvalue weighted by Crippen LogP contribution is -2.46. The number of halogens is 6. The molecule has 0 unspecified atom stereocenters. The second kappa shape index (κ2) is 27.4. The lowest BCUT2D eigenvalue weighted by Gasteiger charge is -2.24. The summed E-state index contributed by atoms with van der Waals surface area (Å²) in [5.74, 6) is -4.22. The number of fused-ring (bicyclic) bond motifs is 2. The third kappa shape index (κ3) is 14.2. The van der Waals surface area contributed by atoms with Gasteiger partial charge in [-0.15, -0.1) is 0 Å². The van der Waals surface area contributed by atoms with Gasteiger partial charge in [0.05, 0.1) is 71.2 Å². The van der Waals surface area contributed by atoms with Gasteiger partial charge in [-0.3, -0.25) is 37.9 Å². The molecule has 440 valence electrons. The largest absolute Gasteiger partial charge is 0.361 e. The molecule has 0 bridgehead atoms. The van der Waals surface area contributed by atoms with Crippen molar-refractivity contribution < 1.29 is 73.6 Å². The van der Waals surface area contributed by atoms with Gasteiger partial charge in [0.2, 0.25) is 23.6 Å². The van der Waals surface area contributed by atoms with Gasteiger partial charge in [-0.2, -0.15) is 0 Å². The number of Topliss-reactive ketones (excluding diaryl/α,β-unsaturated/α-hetero) is 2. The molecule has 2 saturated heterocycles. The third-order valence-electron chi connectivity index (χ3n) is 13.6. The number of aromatic nitrogens is 2. The van der Waals surface area contributed by atoms with Gasteiger partial charge in [-0.1, -0.05) is 59.6 Å². The molecular formula is C56H62Cl2F4N6O12P2. The number of nitrogens with one attached hydrogen (secondary N) is 2. The van der Waals surface area contributed by atoms with Crippen LogP contribution in [0.25, 0.3) is 21.8 Å². The first-order chi connectivity index (χ1) is 39.0. The predicted molar refractivity (Wildman–Crippen MR) is 301 cm³/mol. The van der Waals surface area contributed by atoms with E-state index in [2.05, 4.69) is 10.6 Å². The first-order valence-electron chi connectivity index (χ1n) is 26.3. The molecule has 0 spiro atoms. The molecule has 0 saturated carbocycles. The fourth-order valence-corrected chi connectivity index (χ4v) is 13.4. The van der Waals surface area contributed by atoms with Crippen molar-refractivity contribution in [3.8, 4) is 0 Å². The van der Waals surface area contributed by atoms with Crippen LogP contribution in [0.1, 0.15) is 86.2 Å². The van der Waals surface area contributed by atoms with E-state index in [1.54, 1.807) is 76.2 Å². The van der Waals surface area contributed by atoms with Gasteiger partial charge in [-0.25, -0.2) is 17.6 Å². The Morgan fingerprint density at radius 1 is 0.573 bits per heavy atom. The number of carbonyl (C=O) groups excluding carboxylic acids is 6. The Morgan fingerprint density at radius 2 is 0.927 bits per heavy atom. The number of hydrogen-bond donors (Lipinski definition) is 2. The smallest absolute Gasteiger partial charge is 0.350 e. The summed E-state index contributed by atoms with van der Waals surface area (Å²) >= 11 is 11.6. The standard InChI is InChI=1S/2C28H31ClF2N3O6P/c2*1-4-39-41(38,40-5-2)20-9-10-21-22(17(3)35)15-33(24(21)12-20)16-26(36)34-14-19(30)11-25(34)28(37)32-13-18-7-6-8-23(29)27(18)31/h2*6-10,12,15,19,25H,4-5,11,13-14,16H2,1-3H3,(H,32,37)/t2*19-,25+/m11/s1. The first kappa shape index (κ1) is 63.4. The predicted octanol–water partition coefficient (Wildman–Crippen LogP) is 9.57. The molecule has 26 heteroatoms. The van der Waals surface area contributed by atoms with E-state index in [-0.39, 0.29) is 122 Å². The zero-order valence-corrected chi connectivity index (χ0v) is 49.0. The summed E-state index contributed by atoms with van der Waals surface area (Å²) in [6.07, 6.45) is -0.279. The molecule has 82 heavy (non-hydrogen) atoms. The van der Waals surface area contributed by atoms with E-state index >= 15 is 0 Å². The van der Waals surface area contributed by atoms with Crippen LogP contribution in [0.4, 0.5) is 17.6 Å². The zero-order chi connectivity index (χ0) is 59.8. The summed E-state index contributed by atoms with van der Waals surface area (Å²) in [5, 5.41) is 6.51. The van der Waals surface area contributed by atoms with E-state index in [0.29, 0.717) is 32.9 Å². The highest BCUT2D eigenvalue weighted by atomic mass is 35.5. The van der Waals surface area contributed by atoms with Crippen LogP contribution < -0.4 is 21.2 Å². The fraction of sp³-hybridized carbons (Fsp3) is 0.393. The zero-order valence-electron chi connectivity index (χ0n) is 45.7. The second-order valence-corrected chi connectivity index (χ2v) is 24.0. The van der Waals surface area contributed by atoms with E-state index in [1.807, 2.05) is 0 Å². The van der Waals surface area contributed by atoms with Crippen LogP contribution in [-0.2, 0) is 72.6 Å². The molecule has 2 aliphatic heterocycles. The maximum atomic E-state index is 14.5. The van der Waals surface area contributed by atoms with Crippen LogP contribution in [0, 0.1) is 11.6 Å². The number of ketones is 2. The SMILES string of the molecule is CCOP(=O)(OCC)c1ccc2c(C(C)=O)cn(CC(=O)N3C[C@H](F)C[C@H]3C(=O)NCc3cccc(Cl)c3F)c2c1.CCOP(=O)(OCC)c1ccc2c(C(C)=O)cn(CC(=O)N3C[C@H](F)C[C@H]3C(=O)NCc3cccc(Cl)c3F)c2c1. The van der Waals surface area contributed by atoms with Gasteiger partial charge in [0.25, 0.3) is 0 Å². The molecule has 18 nitrogen and oxygen atoms in total. The Kier molecular flexibility index (Phi) is 21.2. The molecule has 6 aromatic rings.